The Morgan fingerprint density at radius 3 is 2.16 bits per heavy atom. The standard InChI is InChI=1S/C42H66O13/c1-23(12-15-29(51-26(4)44)20-25(3)31(52-27(5)45)21-30-24(2)14-17-34(47)40(30,7)8)13-16-33-41(9,10)35(18-19-42(33,11)55-28(6)46)54-39-38(50)37(49)36(48)32(22-43)53-39/h12,14,20,29-33,35-39,43,48-50H,13,15-19,21-22H2,1-11H3/b23-12+,25-20+/t29-,30+,31-,32+,33+,35+,36-,37-,38+,39-,42+/m0/s1. The summed E-state index contributed by atoms with van der Waals surface area (Å²) in [6.07, 6.45) is 0.120. The maximum atomic E-state index is 12.8. The van der Waals surface area contributed by atoms with Crippen molar-refractivity contribution in [3.05, 3.63) is 34.9 Å². The number of carbonyl (C=O) groups is 4. The molecule has 0 aromatic rings. The van der Waals surface area contributed by atoms with E-state index < -0.39 is 90.0 Å². The van der Waals surface area contributed by atoms with E-state index in [1.165, 1.54) is 20.8 Å². The van der Waals surface area contributed by atoms with Gasteiger partial charge in [0.2, 0.25) is 0 Å². The number of hydrogen-bond donors (Lipinski definition) is 4. The number of rotatable bonds is 15. The van der Waals surface area contributed by atoms with Gasteiger partial charge in [-0.1, -0.05) is 51.0 Å². The van der Waals surface area contributed by atoms with Crippen molar-refractivity contribution in [1.29, 1.82) is 0 Å². The van der Waals surface area contributed by atoms with E-state index in [1.807, 2.05) is 67.5 Å². The molecule has 13 nitrogen and oxygen atoms in total. The van der Waals surface area contributed by atoms with Gasteiger partial charge in [-0.3, -0.25) is 19.2 Å². The minimum atomic E-state index is -1.57. The Hall–Kier alpha value is -2.94. The molecule has 0 aromatic carbocycles. The van der Waals surface area contributed by atoms with Crippen LogP contribution in [0.15, 0.2) is 34.9 Å². The molecule has 0 radical (unpaired) electrons. The van der Waals surface area contributed by atoms with E-state index in [-0.39, 0.29) is 17.6 Å². The molecule has 312 valence electrons. The average Bonchev–Trinajstić information content (AvgIpc) is 3.07. The van der Waals surface area contributed by atoms with Crippen LogP contribution < -0.4 is 0 Å². The zero-order valence-corrected chi connectivity index (χ0v) is 34.6. The Morgan fingerprint density at radius 1 is 0.945 bits per heavy atom. The van der Waals surface area contributed by atoms with Crippen molar-refractivity contribution >= 4 is 23.7 Å². The highest BCUT2D eigenvalue weighted by molar-refractivity contribution is 5.87. The monoisotopic (exact) mass is 778 g/mol. The lowest BCUT2D eigenvalue weighted by Gasteiger charge is -2.54. The van der Waals surface area contributed by atoms with Crippen molar-refractivity contribution in [2.45, 2.75) is 176 Å². The molecule has 2 aliphatic carbocycles. The fourth-order valence-electron chi connectivity index (χ4n) is 8.89. The second-order valence-corrected chi connectivity index (χ2v) is 17.2. The molecule has 1 saturated carbocycles. The van der Waals surface area contributed by atoms with Crippen LogP contribution in [0.4, 0.5) is 0 Å². The van der Waals surface area contributed by atoms with Gasteiger partial charge in [-0.05, 0) is 82.8 Å². The summed E-state index contributed by atoms with van der Waals surface area (Å²) < 4.78 is 29.4. The number of hydrogen-bond acceptors (Lipinski definition) is 13. The van der Waals surface area contributed by atoms with Gasteiger partial charge in [0, 0.05) is 44.9 Å². The normalized spacial score (nSPS) is 33.6. The molecule has 3 rings (SSSR count). The van der Waals surface area contributed by atoms with Crippen LogP contribution in [0.3, 0.4) is 0 Å². The SMILES string of the molecule is CC(=O)O[C@H](/C=C(\C)[C@H](C[C@@H]1C(C)=CCC(=O)C1(C)C)OC(C)=O)C/C=C(\C)CC[C@@H]1C(C)(C)[C@H](O[C@@H]2O[C@H](CO)[C@H](O)[C@H](O)[C@H]2O)CC[C@@]1(C)OC(C)=O. The highest BCUT2D eigenvalue weighted by atomic mass is 16.7. The summed E-state index contributed by atoms with van der Waals surface area (Å²) >= 11 is 0. The van der Waals surface area contributed by atoms with Crippen LogP contribution >= 0.6 is 0 Å². The van der Waals surface area contributed by atoms with Gasteiger partial charge in [0.05, 0.1) is 12.7 Å². The number of Topliss-reactive ketones (excluding diaryl/α,β-unsaturated/α-hetero) is 1. The molecule has 4 N–H and O–H groups in total. The van der Waals surface area contributed by atoms with Crippen LogP contribution in [-0.4, -0.2) is 105 Å². The lowest BCUT2D eigenvalue weighted by Crippen LogP contribution is -2.62. The highest BCUT2D eigenvalue weighted by Gasteiger charge is 2.55. The van der Waals surface area contributed by atoms with Gasteiger partial charge >= 0.3 is 17.9 Å². The molecular formula is C42H66O13. The molecule has 1 aliphatic heterocycles. The largest absolute Gasteiger partial charge is 0.459 e. The zero-order chi connectivity index (χ0) is 41.6. The molecule has 3 aliphatic rings. The Morgan fingerprint density at radius 2 is 1.58 bits per heavy atom. The Labute approximate surface area is 326 Å². The van der Waals surface area contributed by atoms with Crippen LogP contribution in [0.2, 0.25) is 0 Å². The predicted molar refractivity (Wildman–Crippen MR) is 203 cm³/mol. The molecule has 13 heteroatoms. The Kier molecular flexibility index (Phi) is 16.0. The summed E-state index contributed by atoms with van der Waals surface area (Å²) in [6.45, 7) is 19.0. The van der Waals surface area contributed by atoms with E-state index in [1.54, 1.807) is 6.08 Å². The number of aliphatic hydroxyl groups is 4. The average molecular weight is 779 g/mol. The minimum Gasteiger partial charge on any atom is -0.459 e. The van der Waals surface area contributed by atoms with Gasteiger partial charge < -0.3 is 44.1 Å². The third kappa shape index (κ3) is 11.6. The first-order chi connectivity index (χ1) is 25.4. The third-order valence-electron chi connectivity index (χ3n) is 12.2. The minimum absolute atomic E-state index is 0.131. The molecule has 0 aromatic heterocycles. The Balaban J connectivity index is 1.82. The van der Waals surface area contributed by atoms with Crippen LogP contribution in [-0.2, 0) is 42.9 Å². The summed E-state index contributed by atoms with van der Waals surface area (Å²) in [5, 5.41) is 41.0. The maximum absolute atomic E-state index is 12.8. The fourth-order valence-corrected chi connectivity index (χ4v) is 8.89. The lowest BCUT2D eigenvalue weighted by molar-refractivity contribution is -0.327. The van der Waals surface area contributed by atoms with Crippen molar-refractivity contribution in [2.75, 3.05) is 6.61 Å². The molecule has 0 bridgehead atoms. The van der Waals surface area contributed by atoms with Crippen LogP contribution in [0, 0.1) is 22.7 Å². The summed E-state index contributed by atoms with van der Waals surface area (Å²) in [7, 11) is 0. The summed E-state index contributed by atoms with van der Waals surface area (Å²) in [4.78, 5) is 49.6. The number of ketones is 1. The number of carbonyl (C=O) groups excluding carboxylic acids is 4. The van der Waals surface area contributed by atoms with E-state index in [0.29, 0.717) is 50.5 Å². The van der Waals surface area contributed by atoms with Crippen LogP contribution in [0.25, 0.3) is 0 Å². The molecule has 0 unspecified atom stereocenters. The molecule has 1 saturated heterocycles. The fraction of sp³-hybridized carbons (Fsp3) is 0.762. The van der Waals surface area contributed by atoms with Gasteiger partial charge in [-0.25, -0.2) is 0 Å². The van der Waals surface area contributed by atoms with Crippen molar-refractivity contribution in [3.63, 3.8) is 0 Å². The van der Waals surface area contributed by atoms with Gasteiger partial charge in [0.1, 0.15) is 48.0 Å². The second-order valence-electron chi connectivity index (χ2n) is 17.2. The molecular weight excluding hydrogens is 712 g/mol. The van der Waals surface area contributed by atoms with Gasteiger partial charge in [0.15, 0.2) is 6.29 Å². The van der Waals surface area contributed by atoms with Gasteiger partial charge in [0.25, 0.3) is 0 Å². The molecule has 2 fully saturated rings. The first kappa shape index (κ1) is 46.4. The molecule has 1 heterocycles. The zero-order valence-electron chi connectivity index (χ0n) is 34.6. The van der Waals surface area contributed by atoms with Gasteiger partial charge in [-0.15, -0.1) is 0 Å². The Bertz CT molecular complexity index is 1470. The van der Waals surface area contributed by atoms with Gasteiger partial charge in [-0.2, -0.15) is 0 Å². The summed E-state index contributed by atoms with van der Waals surface area (Å²) in [6, 6.07) is 0. The molecule has 0 spiro atoms. The second kappa shape index (κ2) is 19.0. The van der Waals surface area contributed by atoms with Crippen molar-refractivity contribution in [2.24, 2.45) is 22.7 Å². The molecule has 0 amide bonds. The number of esters is 3. The van der Waals surface area contributed by atoms with E-state index in [9.17, 15) is 39.6 Å². The highest BCUT2D eigenvalue weighted by Crippen LogP contribution is 2.52. The summed E-state index contributed by atoms with van der Waals surface area (Å²) in [5.41, 5.74) is 0.668. The number of ether oxygens (including phenoxy) is 5. The first-order valence-corrected chi connectivity index (χ1v) is 19.5. The summed E-state index contributed by atoms with van der Waals surface area (Å²) in [5.74, 6) is -1.57. The first-order valence-electron chi connectivity index (χ1n) is 19.5. The smallest absolute Gasteiger partial charge is 0.303 e. The van der Waals surface area contributed by atoms with E-state index in [2.05, 4.69) is 0 Å². The molecule has 11 atom stereocenters. The predicted octanol–water partition coefficient (Wildman–Crippen LogP) is 4.81. The van der Waals surface area contributed by atoms with Crippen LogP contribution in [0.5, 0.6) is 0 Å². The van der Waals surface area contributed by atoms with Crippen molar-refractivity contribution < 1.29 is 63.3 Å². The van der Waals surface area contributed by atoms with Crippen molar-refractivity contribution in [1.82, 2.24) is 0 Å². The van der Waals surface area contributed by atoms with E-state index in [0.717, 1.165) is 11.1 Å². The third-order valence-corrected chi connectivity index (χ3v) is 12.2. The number of aliphatic hydroxyl groups excluding tert-OH is 4. The van der Waals surface area contributed by atoms with Crippen molar-refractivity contribution in [3.8, 4) is 0 Å². The van der Waals surface area contributed by atoms with E-state index >= 15 is 0 Å². The maximum Gasteiger partial charge on any atom is 0.303 e. The quantitative estimate of drug-likeness (QED) is 0.101. The van der Waals surface area contributed by atoms with E-state index in [4.69, 9.17) is 23.7 Å². The number of allylic oxidation sites excluding steroid dienone is 3. The van der Waals surface area contributed by atoms with Crippen LogP contribution in [0.1, 0.15) is 121 Å². The molecule has 55 heavy (non-hydrogen) atoms. The topological polar surface area (TPSA) is 195 Å². The lowest BCUT2D eigenvalue weighted by atomic mass is 9.58.